The fourth-order valence-electron chi connectivity index (χ4n) is 3.34. The lowest BCUT2D eigenvalue weighted by atomic mass is 10.0. The molecule has 0 atom stereocenters. The van der Waals surface area contributed by atoms with E-state index >= 15 is 0 Å². The third kappa shape index (κ3) is 3.00. The van der Waals surface area contributed by atoms with Crippen LogP contribution in [0.2, 0.25) is 0 Å². The summed E-state index contributed by atoms with van der Waals surface area (Å²) in [5.74, 6) is -0.0514. The van der Waals surface area contributed by atoms with Gasteiger partial charge in [0.15, 0.2) is 0 Å². The standard InChI is InChI=1S/C22H19NO3S/c1-3-26-22(25)18-13-17-21(27-18)19(14-7-5-4-6-8-14)20(23(17)2)15-9-11-16(24)12-10-15/h4-13,24H,3H2,1-2H3. The van der Waals surface area contributed by atoms with Crippen molar-refractivity contribution in [3.05, 3.63) is 65.5 Å². The highest BCUT2D eigenvalue weighted by Gasteiger charge is 2.23. The van der Waals surface area contributed by atoms with Gasteiger partial charge in [0.05, 0.1) is 22.5 Å². The third-order valence-electron chi connectivity index (χ3n) is 4.55. The first-order valence-electron chi connectivity index (χ1n) is 8.74. The molecule has 1 N–H and O–H groups in total. The predicted octanol–water partition coefficient (Wildman–Crippen LogP) is 5.46. The second-order valence-corrected chi connectivity index (χ2v) is 7.29. The zero-order valence-corrected chi connectivity index (χ0v) is 15.9. The van der Waals surface area contributed by atoms with Gasteiger partial charge in [-0.15, -0.1) is 11.3 Å². The van der Waals surface area contributed by atoms with Crippen molar-refractivity contribution in [2.45, 2.75) is 6.92 Å². The predicted molar refractivity (Wildman–Crippen MR) is 109 cm³/mol. The molecule has 4 nitrogen and oxygen atoms in total. The van der Waals surface area contributed by atoms with Gasteiger partial charge in [0, 0.05) is 12.6 Å². The van der Waals surface area contributed by atoms with Crippen LogP contribution in [0.15, 0.2) is 60.7 Å². The van der Waals surface area contributed by atoms with Crippen molar-refractivity contribution in [3.8, 4) is 28.1 Å². The van der Waals surface area contributed by atoms with Crippen LogP contribution in [0.3, 0.4) is 0 Å². The van der Waals surface area contributed by atoms with E-state index in [0.717, 1.165) is 32.6 Å². The first-order chi connectivity index (χ1) is 13.1. The Morgan fingerprint density at radius 3 is 2.44 bits per heavy atom. The van der Waals surface area contributed by atoms with E-state index in [9.17, 15) is 9.90 Å². The summed E-state index contributed by atoms with van der Waals surface area (Å²) in [6.07, 6.45) is 0. The van der Waals surface area contributed by atoms with Gasteiger partial charge in [-0.25, -0.2) is 4.79 Å². The van der Waals surface area contributed by atoms with E-state index in [4.69, 9.17) is 4.74 Å². The molecule has 0 aliphatic carbocycles. The average Bonchev–Trinajstić information content (AvgIpc) is 3.22. The molecule has 0 spiro atoms. The smallest absolute Gasteiger partial charge is 0.348 e. The van der Waals surface area contributed by atoms with Gasteiger partial charge >= 0.3 is 5.97 Å². The normalized spacial score (nSPS) is 11.0. The molecule has 0 radical (unpaired) electrons. The first-order valence-corrected chi connectivity index (χ1v) is 9.56. The number of fused-ring (bicyclic) bond motifs is 1. The van der Waals surface area contributed by atoms with Crippen LogP contribution in [0, 0.1) is 0 Å². The minimum absolute atomic E-state index is 0.237. The van der Waals surface area contributed by atoms with Gasteiger partial charge in [0.25, 0.3) is 0 Å². The lowest BCUT2D eigenvalue weighted by molar-refractivity contribution is 0.0532. The number of esters is 1. The summed E-state index contributed by atoms with van der Waals surface area (Å²) in [6, 6.07) is 19.2. The number of aromatic nitrogens is 1. The molecule has 0 bridgehead atoms. The molecule has 2 heterocycles. The van der Waals surface area contributed by atoms with E-state index in [1.807, 2.05) is 50.4 Å². The Morgan fingerprint density at radius 1 is 1.07 bits per heavy atom. The molecule has 0 amide bonds. The number of aryl methyl sites for hydroxylation is 1. The highest BCUT2D eigenvalue weighted by atomic mass is 32.1. The van der Waals surface area contributed by atoms with Gasteiger partial charge in [-0.05, 0) is 48.4 Å². The number of hydrogen-bond acceptors (Lipinski definition) is 4. The molecule has 2 aromatic heterocycles. The molecule has 4 rings (SSSR count). The van der Waals surface area contributed by atoms with Crippen molar-refractivity contribution in [2.24, 2.45) is 7.05 Å². The highest BCUT2D eigenvalue weighted by molar-refractivity contribution is 7.21. The van der Waals surface area contributed by atoms with Crippen molar-refractivity contribution in [1.82, 2.24) is 4.57 Å². The molecule has 0 saturated carbocycles. The van der Waals surface area contributed by atoms with Crippen molar-refractivity contribution in [3.63, 3.8) is 0 Å². The van der Waals surface area contributed by atoms with Crippen LogP contribution < -0.4 is 0 Å². The zero-order chi connectivity index (χ0) is 19.0. The fraction of sp³-hybridized carbons (Fsp3) is 0.136. The number of carbonyl (C=O) groups excluding carboxylic acids is 1. The van der Waals surface area contributed by atoms with Crippen molar-refractivity contribution < 1.29 is 14.6 Å². The van der Waals surface area contributed by atoms with Crippen LogP contribution in [-0.2, 0) is 11.8 Å². The molecule has 0 aliphatic rings. The lowest BCUT2D eigenvalue weighted by Gasteiger charge is -2.09. The number of phenolic OH excluding ortho intramolecular Hbond substituents is 1. The van der Waals surface area contributed by atoms with Crippen molar-refractivity contribution in [2.75, 3.05) is 6.61 Å². The van der Waals surface area contributed by atoms with Crippen LogP contribution in [0.5, 0.6) is 5.75 Å². The van der Waals surface area contributed by atoms with E-state index in [0.29, 0.717) is 11.5 Å². The first kappa shape index (κ1) is 17.4. The number of carbonyl (C=O) groups is 1. The molecule has 136 valence electrons. The van der Waals surface area contributed by atoms with Gasteiger partial charge in [0.1, 0.15) is 10.6 Å². The zero-order valence-electron chi connectivity index (χ0n) is 15.1. The largest absolute Gasteiger partial charge is 0.508 e. The Balaban J connectivity index is 2.00. The van der Waals surface area contributed by atoms with E-state index in [1.54, 1.807) is 12.1 Å². The Hall–Kier alpha value is -3.05. The monoisotopic (exact) mass is 377 g/mol. The topological polar surface area (TPSA) is 51.5 Å². The molecule has 5 heteroatoms. The molecule has 4 aromatic rings. The summed E-state index contributed by atoms with van der Waals surface area (Å²) >= 11 is 1.45. The number of rotatable bonds is 4. The minimum atomic E-state index is -0.288. The molecule has 2 aromatic carbocycles. The molecule has 0 fully saturated rings. The average molecular weight is 377 g/mol. The summed E-state index contributed by atoms with van der Waals surface area (Å²) < 4.78 is 8.33. The number of hydrogen-bond donors (Lipinski definition) is 1. The summed E-state index contributed by atoms with van der Waals surface area (Å²) in [6.45, 7) is 2.17. The highest BCUT2D eigenvalue weighted by Crippen LogP contribution is 2.44. The maximum Gasteiger partial charge on any atom is 0.348 e. The number of ether oxygens (including phenoxy) is 1. The molecule has 27 heavy (non-hydrogen) atoms. The lowest BCUT2D eigenvalue weighted by Crippen LogP contribution is -2.02. The molecule has 0 aliphatic heterocycles. The summed E-state index contributed by atoms with van der Waals surface area (Å²) in [4.78, 5) is 12.8. The SMILES string of the molecule is CCOC(=O)c1cc2c(s1)c(-c1ccccc1)c(-c1ccc(O)cc1)n2C. The van der Waals surface area contributed by atoms with Gasteiger partial charge in [0.2, 0.25) is 0 Å². The van der Waals surface area contributed by atoms with E-state index < -0.39 is 0 Å². The van der Waals surface area contributed by atoms with Crippen molar-refractivity contribution in [1.29, 1.82) is 0 Å². The maximum absolute atomic E-state index is 12.2. The third-order valence-corrected chi connectivity index (χ3v) is 5.67. The Bertz CT molecular complexity index is 1110. The molecule has 0 saturated heterocycles. The Kier molecular flexibility index (Phi) is 4.46. The summed E-state index contributed by atoms with van der Waals surface area (Å²) in [5.41, 5.74) is 5.22. The van der Waals surface area contributed by atoms with Crippen LogP contribution in [0.25, 0.3) is 32.6 Å². The number of thiophene rings is 1. The Labute approximate surface area is 161 Å². The summed E-state index contributed by atoms with van der Waals surface area (Å²) in [5, 5.41) is 9.65. The van der Waals surface area contributed by atoms with E-state index in [1.165, 1.54) is 11.3 Å². The quantitative estimate of drug-likeness (QED) is 0.481. The maximum atomic E-state index is 12.2. The fourth-order valence-corrected chi connectivity index (χ4v) is 4.49. The number of benzene rings is 2. The summed E-state index contributed by atoms with van der Waals surface area (Å²) in [7, 11) is 2.00. The van der Waals surface area contributed by atoms with Crippen LogP contribution >= 0.6 is 11.3 Å². The van der Waals surface area contributed by atoms with Crippen LogP contribution in [0.1, 0.15) is 16.6 Å². The van der Waals surface area contributed by atoms with Crippen LogP contribution in [0.4, 0.5) is 0 Å². The van der Waals surface area contributed by atoms with E-state index in [-0.39, 0.29) is 11.7 Å². The molecular weight excluding hydrogens is 358 g/mol. The Morgan fingerprint density at radius 2 is 1.78 bits per heavy atom. The van der Waals surface area contributed by atoms with E-state index in [2.05, 4.69) is 16.7 Å². The number of aromatic hydroxyl groups is 1. The minimum Gasteiger partial charge on any atom is -0.508 e. The molecule has 0 unspecified atom stereocenters. The van der Waals surface area contributed by atoms with Gasteiger partial charge < -0.3 is 14.4 Å². The molecular formula is C22H19NO3S. The second kappa shape index (κ2) is 6.93. The van der Waals surface area contributed by atoms with Gasteiger partial charge in [-0.1, -0.05) is 30.3 Å². The van der Waals surface area contributed by atoms with Crippen molar-refractivity contribution >= 4 is 27.5 Å². The van der Waals surface area contributed by atoms with Gasteiger partial charge in [-0.3, -0.25) is 0 Å². The van der Waals surface area contributed by atoms with Crippen LogP contribution in [-0.4, -0.2) is 22.2 Å². The number of nitrogens with zero attached hydrogens (tertiary/aromatic N) is 1. The van der Waals surface area contributed by atoms with Gasteiger partial charge in [-0.2, -0.15) is 0 Å². The number of phenols is 1. The second-order valence-electron chi connectivity index (χ2n) is 6.24.